The first-order valence-electron chi connectivity index (χ1n) is 2.91. The minimum Gasteiger partial charge on any atom is 0 e. The zero-order valence-corrected chi connectivity index (χ0v) is 12.9. The zero-order chi connectivity index (χ0) is 14.6. The molecule has 8 heteroatoms. The van der Waals surface area contributed by atoms with Crippen molar-refractivity contribution in [3.8, 4) is 0 Å². The molecule has 0 aromatic rings. The summed E-state index contributed by atoms with van der Waals surface area (Å²) in [6.45, 7) is 26.1. The molecule has 0 aromatic heterocycles. The third-order valence-corrected chi connectivity index (χ3v) is 3.41. The van der Waals surface area contributed by atoms with E-state index in [1.54, 1.807) is 0 Å². The van der Waals surface area contributed by atoms with Crippen LogP contribution in [0.15, 0.2) is 12.7 Å². The molecule has 0 saturated carbocycles. The van der Waals surface area contributed by atoms with E-state index >= 15 is 0 Å². The molecule has 1 rings (SSSR count). The standard InChI is InChI=1S/C4H6ClP.5CO.W/c1-2-4-3-6(4)5;5*1-2;/h2,4H,1,3H2;;;;;;. The van der Waals surface area contributed by atoms with Crippen LogP contribution in [0.5, 0.6) is 0 Å². The van der Waals surface area contributed by atoms with Gasteiger partial charge in [-0.25, -0.2) is 0 Å². The molecule has 1 aliphatic rings. The fourth-order valence-electron chi connectivity index (χ4n) is 0.320. The summed E-state index contributed by atoms with van der Waals surface area (Å²) in [6, 6.07) is 0. The number of allylic oxidation sites excluding steroid dienone is 1. The molecule has 2 unspecified atom stereocenters. The van der Waals surface area contributed by atoms with Crippen LogP contribution >= 0.6 is 18.5 Å². The Balaban J connectivity index is -0.0000000242. The number of hydrogen-bond acceptors (Lipinski definition) is 0. The van der Waals surface area contributed by atoms with Crippen LogP contribution < -0.4 is 0 Å². The van der Waals surface area contributed by atoms with E-state index in [9.17, 15) is 0 Å². The van der Waals surface area contributed by atoms with Gasteiger partial charge in [0.05, 0.1) is 0 Å². The van der Waals surface area contributed by atoms with Crippen LogP contribution in [0.1, 0.15) is 0 Å². The van der Waals surface area contributed by atoms with E-state index in [0.29, 0.717) is 5.66 Å². The van der Waals surface area contributed by atoms with Gasteiger partial charge < -0.3 is 0 Å². The fourth-order valence-corrected chi connectivity index (χ4v) is 2.18. The molecule has 0 bridgehead atoms. The molecule has 1 fully saturated rings. The summed E-state index contributed by atoms with van der Waals surface area (Å²) in [5.41, 5.74) is 0.696. The van der Waals surface area contributed by atoms with Crippen LogP contribution in [0.25, 0.3) is 0 Å². The Labute approximate surface area is 120 Å². The molecule has 1 saturated heterocycles. The van der Waals surface area contributed by atoms with Gasteiger partial charge in [-0.05, 0) is 13.4 Å². The molecular formula is C9H6ClO5PW. The molecule has 0 radical (unpaired) electrons. The number of hydrogen-bond donors (Lipinski definition) is 0. The molecule has 0 aliphatic carbocycles. The topological polar surface area (TPSA) is 99.5 Å². The van der Waals surface area contributed by atoms with Crippen molar-refractivity contribution in [1.82, 2.24) is 0 Å². The van der Waals surface area contributed by atoms with Crippen molar-refractivity contribution in [3.63, 3.8) is 0 Å². The van der Waals surface area contributed by atoms with Crippen molar-refractivity contribution in [3.05, 3.63) is 45.9 Å². The van der Waals surface area contributed by atoms with Crippen molar-refractivity contribution >= 4 is 18.5 Å². The third-order valence-electron chi connectivity index (χ3n) is 0.860. The smallest absolute Gasteiger partial charge is 0 e. The van der Waals surface area contributed by atoms with Crippen LogP contribution in [0.2, 0.25) is 0 Å². The van der Waals surface area contributed by atoms with E-state index in [1.165, 1.54) is 6.16 Å². The maximum Gasteiger partial charge on any atom is 0 e. The van der Waals surface area contributed by atoms with Crippen LogP contribution in [-0.4, -0.2) is 11.8 Å². The van der Waals surface area contributed by atoms with Gasteiger partial charge in [-0.2, -0.15) is 0 Å². The van der Waals surface area contributed by atoms with Crippen molar-refractivity contribution in [2.75, 3.05) is 6.16 Å². The summed E-state index contributed by atoms with van der Waals surface area (Å²) in [5, 5.41) is 0. The molecule has 0 spiro atoms. The summed E-state index contributed by atoms with van der Waals surface area (Å²) in [4.78, 5) is 0. The fraction of sp³-hybridized carbons (Fsp3) is 0.222. The largest absolute Gasteiger partial charge is 0 e. The first kappa shape index (κ1) is 36.0. The normalized spacial score (nSPS) is 15.5. The van der Waals surface area contributed by atoms with Gasteiger partial charge in [0.2, 0.25) is 0 Å². The Bertz CT molecular complexity index is 201. The van der Waals surface area contributed by atoms with Gasteiger partial charge in [0.15, 0.2) is 0 Å². The van der Waals surface area contributed by atoms with Gasteiger partial charge in [-0.1, -0.05) is 17.3 Å². The average molecular weight is 444 g/mol. The molecule has 0 amide bonds. The van der Waals surface area contributed by atoms with Gasteiger partial charge >= 0.3 is 56.5 Å². The minimum absolute atomic E-state index is 0. The maximum absolute atomic E-state index is 7.50. The van der Waals surface area contributed by atoms with Gasteiger partial charge in [0.1, 0.15) is 0 Å². The van der Waals surface area contributed by atoms with Crippen LogP contribution in [0.3, 0.4) is 0 Å². The molecule has 17 heavy (non-hydrogen) atoms. The molecular weight excluding hydrogens is 438 g/mol. The van der Waals surface area contributed by atoms with Crippen LogP contribution in [0.4, 0.5) is 0 Å². The molecule has 5 nitrogen and oxygen atoms in total. The van der Waals surface area contributed by atoms with Crippen molar-refractivity contribution in [2.24, 2.45) is 0 Å². The second-order valence-electron chi connectivity index (χ2n) is 1.39. The van der Waals surface area contributed by atoms with Gasteiger partial charge in [0.25, 0.3) is 0 Å². The first-order chi connectivity index (χ1) is 7.84. The second kappa shape index (κ2) is 56.7. The Morgan fingerprint density at radius 1 is 0.941 bits per heavy atom. The second-order valence-corrected chi connectivity index (χ2v) is 4.52. The Morgan fingerprint density at radius 2 is 1.12 bits per heavy atom. The molecule has 1 heterocycles. The monoisotopic (exact) mass is 444 g/mol. The Hall–Kier alpha value is -0.152. The summed E-state index contributed by atoms with van der Waals surface area (Å²) < 4.78 is 37.5. The molecule has 1 aliphatic heterocycles. The van der Waals surface area contributed by atoms with E-state index in [1.807, 2.05) is 6.08 Å². The first-order valence-corrected chi connectivity index (χ1v) is 5.42. The summed E-state index contributed by atoms with van der Waals surface area (Å²) in [6.07, 6.45) is 3.15. The Kier molecular flexibility index (Phi) is 120. The summed E-state index contributed by atoms with van der Waals surface area (Å²) >= 11 is 5.65. The molecule has 2 atom stereocenters. The predicted octanol–water partition coefficient (Wildman–Crippen LogP) is 2.00. The van der Waals surface area contributed by atoms with Crippen molar-refractivity contribution in [1.29, 1.82) is 0 Å². The van der Waals surface area contributed by atoms with Crippen molar-refractivity contribution in [2.45, 2.75) is 5.66 Å². The molecule has 0 N–H and O–H groups in total. The van der Waals surface area contributed by atoms with Gasteiger partial charge in [-0.15, -0.1) is 6.58 Å². The summed E-state index contributed by atoms with van der Waals surface area (Å²) in [5.74, 6) is 0. The number of halogens is 1. The van der Waals surface area contributed by atoms with E-state index in [-0.39, 0.29) is 28.3 Å². The minimum atomic E-state index is -0.0797. The summed E-state index contributed by atoms with van der Waals surface area (Å²) in [7, 11) is -0.0797. The average Bonchev–Trinajstić information content (AvgIpc) is 3.17. The van der Waals surface area contributed by atoms with E-state index in [4.69, 9.17) is 34.5 Å². The quantitative estimate of drug-likeness (QED) is 0.256. The van der Waals surface area contributed by atoms with Gasteiger partial charge in [0, 0.05) is 26.7 Å². The van der Waals surface area contributed by atoms with Crippen LogP contribution in [0, 0.1) is 33.3 Å². The SMILES string of the molecule is C=CC1CP1Cl.[C-]#[O+].[C-]#[O+].[C-]#[O+].[C-]#[O+].[C-]#[O+].[W]. The number of rotatable bonds is 1. The Morgan fingerprint density at radius 3 is 1.12 bits per heavy atom. The predicted molar refractivity (Wildman–Crippen MR) is 51.3 cm³/mol. The molecule has 90 valence electrons. The zero-order valence-electron chi connectivity index (χ0n) is 8.34. The molecule has 0 aromatic carbocycles. The van der Waals surface area contributed by atoms with E-state index in [0.717, 1.165) is 0 Å². The van der Waals surface area contributed by atoms with E-state index in [2.05, 4.69) is 39.8 Å². The van der Waals surface area contributed by atoms with Crippen molar-refractivity contribution < 1.29 is 44.3 Å². The third kappa shape index (κ3) is 49.3. The maximum atomic E-state index is 7.50. The van der Waals surface area contributed by atoms with E-state index < -0.39 is 0 Å². The van der Waals surface area contributed by atoms with Crippen LogP contribution in [-0.2, 0) is 44.3 Å². The van der Waals surface area contributed by atoms with Gasteiger partial charge in [-0.3, -0.25) is 0 Å².